The van der Waals surface area contributed by atoms with Crippen molar-refractivity contribution in [1.29, 1.82) is 0 Å². The maximum atomic E-state index is 13.7. The van der Waals surface area contributed by atoms with E-state index in [1.807, 2.05) is 20.8 Å². The second-order valence-corrected chi connectivity index (χ2v) is 16.3. The van der Waals surface area contributed by atoms with Crippen LogP contribution in [0.25, 0.3) is 10.4 Å². The Bertz CT molecular complexity index is 1530. The first kappa shape index (κ1) is 32.9. The topological polar surface area (TPSA) is 121 Å². The number of aromatic nitrogens is 2. The van der Waals surface area contributed by atoms with Crippen molar-refractivity contribution in [3.05, 3.63) is 44.6 Å². The molecule has 0 spiro atoms. The molecule has 2 unspecified atom stereocenters. The molecule has 2 atom stereocenters. The van der Waals surface area contributed by atoms with Gasteiger partial charge in [-0.3, -0.25) is 13.8 Å². The smallest absolute Gasteiger partial charge is 0.280 e. The molecule has 1 saturated heterocycles. The van der Waals surface area contributed by atoms with Gasteiger partial charge in [-0.2, -0.15) is 0 Å². The summed E-state index contributed by atoms with van der Waals surface area (Å²) in [6.07, 6.45) is 5.71. The molecule has 3 heterocycles. The lowest BCUT2D eigenvalue weighted by atomic mass is 9.99. The summed E-state index contributed by atoms with van der Waals surface area (Å²) < 4.78 is 28.7. The Balaban J connectivity index is 1.67. The van der Waals surface area contributed by atoms with Gasteiger partial charge in [-0.05, 0) is 57.6 Å². The average molecular weight is 670 g/mol. The third kappa shape index (κ3) is 7.54. The van der Waals surface area contributed by atoms with Crippen molar-refractivity contribution in [2.24, 2.45) is 5.92 Å². The van der Waals surface area contributed by atoms with E-state index < -0.39 is 27.7 Å². The Morgan fingerprint density at radius 2 is 1.88 bits per heavy atom. The number of carbonyl (C=O) groups is 2. The van der Waals surface area contributed by atoms with E-state index >= 15 is 0 Å². The van der Waals surface area contributed by atoms with Crippen molar-refractivity contribution in [3.8, 4) is 10.4 Å². The fraction of sp³-hybridized carbons (Fsp3) is 0.500. The van der Waals surface area contributed by atoms with Crippen molar-refractivity contribution < 1.29 is 18.0 Å². The molecule has 0 bridgehead atoms. The summed E-state index contributed by atoms with van der Waals surface area (Å²) in [5.41, 5.74) is 1.04. The van der Waals surface area contributed by atoms with Gasteiger partial charge in [0, 0.05) is 30.4 Å². The number of hydrogen-bond acceptors (Lipinski definition) is 8. The molecule has 14 heteroatoms. The average Bonchev–Trinajstić information content (AvgIpc) is 3.61. The van der Waals surface area contributed by atoms with E-state index in [-0.39, 0.29) is 28.7 Å². The van der Waals surface area contributed by atoms with Crippen LogP contribution in [0.3, 0.4) is 0 Å². The molecule has 1 aromatic carbocycles. The molecule has 3 aromatic rings. The number of rotatable bonds is 10. The molecular weight excluding hydrogens is 634 g/mol. The standard InChI is InChI=1S/C28H36ClN5O4S4/c1-7-28(4,5)33-42(38)19-9-8-18(22(29)17(19)3)24-23(27(36)34-12-10-16(2)11-13-34)32-26(40-24)25(35)31-14-20-30-15-21(39-20)41(6)37/h8-9,15-16,33H,7,10-14H2,1-6H3,(H,31,35). The number of piperidine rings is 1. The van der Waals surface area contributed by atoms with Gasteiger partial charge in [0.1, 0.15) is 25.9 Å². The summed E-state index contributed by atoms with van der Waals surface area (Å²) in [6.45, 7) is 11.3. The van der Waals surface area contributed by atoms with Gasteiger partial charge in [0.25, 0.3) is 11.8 Å². The molecule has 0 radical (unpaired) electrons. The first-order chi connectivity index (χ1) is 19.8. The molecule has 2 aromatic heterocycles. The molecule has 1 aliphatic rings. The first-order valence-corrected chi connectivity index (χ1v) is 18.4. The summed E-state index contributed by atoms with van der Waals surface area (Å²) in [6, 6.07) is 3.49. The molecule has 42 heavy (non-hydrogen) atoms. The van der Waals surface area contributed by atoms with Crippen LogP contribution in [0.4, 0.5) is 0 Å². The molecular formula is C28H36ClN5O4S4. The predicted octanol–water partition coefficient (Wildman–Crippen LogP) is 5.57. The minimum Gasteiger partial charge on any atom is -0.343 e. The summed E-state index contributed by atoms with van der Waals surface area (Å²) >= 11 is 9.25. The molecule has 0 saturated carbocycles. The van der Waals surface area contributed by atoms with Crippen LogP contribution in [0, 0.1) is 12.8 Å². The van der Waals surface area contributed by atoms with Crippen molar-refractivity contribution in [2.45, 2.75) is 75.1 Å². The van der Waals surface area contributed by atoms with Crippen LogP contribution >= 0.6 is 34.3 Å². The van der Waals surface area contributed by atoms with E-state index in [2.05, 4.69) is 26.9 Å². The Labute approximate surface area is 264 Å². The largest absolute Gasteiger partial charge is 0.343 e. The number of nitrogens with one attached hydrogen (secondary N) is 2. The first-order valence-electron chi connectivity index (χ1n) is 13.7. The molecule has 2 N–H and O–H groups in total. The Kier molecular flexibility index (Phi) is 10.7. The van der Waals surface area contributed by atoms with Gasteiger partial charge in [0.05, 0.1) is 38.3 Å². The van der Waals surface area contributed by atoms with Gasteiger partial charge < -0.3 is 10.2 Å². The van der Waals surface area contributed by atoms with Gasteiger partial charge in [0.15, 0.2) is 5.01 Å². The highest BCUT2D eigenvalue weighted by atomic mass is 35.5. The molecule has 1 fully saturated rings. The minimum absolute atomic E-state index is 0.127. The third-order valence-corrected chi connectivity index (χ3v) is 12.9. The van der Waals surface area contributed by atoms with Crippen LogP contribution in [0.5, 0.6) is 0 Å². The van der Waals surface area contributed by atoms with Crippen molar-refractivity contribution in [3.63, 3.8) is 0 Å². The van der Waals surface area contributed by atoms with Crippen molar-refractivity contribution in [1.82, 2.24) is 24.9 Å². The predicted molar refractivity (Wildman–Crippen MR) is 171 cm³/mol. The molecule has 2 amide bonds. The fourth-order valence-corrected chi connectivity index (χ4v) is 8.52. The lowest BCUT2D eigenvalue weighted by molar-refractivity contribution is 0.0692. The fourth-order valence-electron chi connectivity index (χ4n) is 4.27. The molecule has 9 nitrogen and oxygen atoms in total. The lowest BCUT2D eigenvalue weighted by Crippen LogP contribution is -2.39. The van der Waals surface area contributed by atoms with E-state index in [4.69, 9.17) is 11.6 Å². The minimum atomic E-state index is -1.50. The molecule has 1 aliphatic heterocycles. The Morgan fingerprint density at radius 3 is 2.50 bits per heavy atom. The highest BCUT2D eigenvalue weighted by Gasteiger charge is 2.30. The van der Waals surface area contributed by atoms with Gasteiger partial charge in [-0.15, -0.1) is 22.7 Å². The maximum absolute atomic E-state index is 13.7. The molecule has 0 aliphatic carbocycles. The summed E-state index contributed by atoms with van der Waals surface area (Å²) in [5, 5.41) is 3.91. The van der Waals surface area contributed by atoms with Crippen LogP contribution in [-0.2, 0) is 28.3 Å². The van der Waals surface area contributed by atoms with E-state index in [0.29, 0.717) is 54.1 Å². The molecule has 228 valence electrons. The second kappa shape index (κ2) is 13.7. The van der Waals surface area contributed by atoms with Crippen LogP contribution in [-0.4, -0.2) is 60.0 Å². The van der Waals surface area contributed by atoms with E-state index in [9.17, 15) is 18.0 Å². The number of halogens is 1. The van der Waals surface area contributed by atoms with E-state index in [1.54, 1.807) is 36.4 Å². The SMILES string of the molecule is CCC(C)(C)NS(=O)c1ccc(-c2sc(C(=O)NCc3ncc(S(C)=O)s3)nc2C(=O)N2CCC(C)CC2)c(Cl)c1C. The lowest BCUT2D eigenvalue weighted by Gasteiger charge is -2.30. The maximum Gasteiger partial charge on any atom is 0.280 e. The number of nitrogens with zero attached hydrogens (tertiary/aromatic N) is 3. The van der Waals surface area contributed by atoms with Crippen LogP contribution in [0.15, 0.2) is 27.4 Å². The van der Waals surface area contributed by atoms with Crippen LogP contribution in [0.1, 0.15) is 77.8 Å². The highest BCUT2D eigenvalue weighted by molar-refractivity contribution is 7.86. The normalized spacial score (nSPS) is 15.9. The van der Waals surface area contributed by atoms with Gasteiger partial charge >= 0.3 is 0 Å². The zero-order valence-corrected chi connectivity index (χ0v) is 28.6. The van der Waals surface area contributed by atoms with Crippen LogP contribution in [0.2, 0.25) is 5.02 Å². The van der Waals surface area contributed by atoms with Crippen LogP contribution < -0.4 is 10.0 Å². The van der Waals surface area contributed by atoms with E-state index in [1.165, 1.54) is 11.3 Å². The number of benzene rings is 1. The van der Waals surface area contributed by atoms with Gasteiger partial charge in [-0.25, -0.2) is 18.9 Å². The molecule has 4 rings (SSSR count). The Hall–Kier alpha value is -2.03. The van der Waals surface area contributed by atoms with E-state index in [0.717, 1.165) is 30.6 Å². The summed E-state index contributed by atoms with van der Waals surface area (Å²) in [4.78, 5) is 38.5. The highest BCUT2D eigenvalue weighted by Crippen LogP contribution is 2.39. The number of amides is 2. The number of thiazole rings is 2. The zero-order chi connectivity index (χ0) is 30.8. The summed E-state index contributed by atoms with van der Waals surface area (Å²) in [5.74, 6) is -0.146. The Morgan fingerprint density at radius 1 is 1.19 bits per heavy atom. The number of carbonyl (C=O) groups excluding carboxylic acids is 2. The van der Waals surface area contributed by atoms with Gasteiger partial charge in [0.2, 0.25) is 0 Å². The second-order valence-electron chi connectivity index (χ2n) is 11.0. The summed E-state index contributed by atoms with van der Waals surface area (Å²) in [7, 11) is -2.64. The number of hydrogen-bond donors (Lipinski definition) is 2. The van der Waals surface area contributed by atoms with Gasteiger partial charge in [-0.1, -0.05) is 31.5 Å². The number of likely N-dealkylation sites (tertiary alicyclic amines) is 1. The monoisotopic (exact) mass is 669 g/mol. The van der Waals surface area contributed by atoms with Crippen molar-refractivity contribution in [2.75, 3.05) is 19.3 Å². The quantitative estimate of drug-likeness (QED) is 0.291. The van der Waals surface area contributed by atoms with Crippen molar-refractivity contribution >= 4 is 67.9 Å². The third-order valence-electron chi connectivity index (χ3n) is 7.34. The zero-order valence-electron chi connectivity index (χ0n) is 24.5.